The summed E-state index contributed by atoms with van der Waals surface area (Å²) in [6.07, 6.45) is 3.76. The summed E-state index contributed by atoms with van der Waals surface area (Å²) in [7, 11) is 0. The minimum absolute atomic E-state index is 0.684. The molecule has 4 heteroatoms. The Bertz CT molecular complexity index is 456. The topological polar surface area (TPSA) is 66.6 Å². The number of piperidine rings is 1. The van der Waals surface area contributed by atoms with Crippen LogP contribution in [0.2, 0.25) is 0 Å². The van der Waals surface area contributed by atoms with Crippen LogP contribution in [0.4, 0.5) is 5.69 Å². The van der Waals surface area contributed by atoms with Gasteiger partial charge in [-0.3, -0.25) is 4.79 Å². The molecule has 0 spiro atoms. The van der Waals surface area contributed by atoms with E-state index in [1.165, 1.54) is 24.9 Å². The number of benzene rings is 1. The van der Waals surface area contributed by atoms with Gasteiger partial charge in [-0.1, -0.05) is 12.1 Å². The third kappa shape index (κ3) is 2.89. The van der Waals surface area contributed by atoms with Gasteiger partial charge in [-0.05, 0) is 49.8 Å². The molecule has 0 bridgehead atoms. The van der Waals surface area contributed by atoms with E-state index in [1.807, 2.05) is 26.0 Å². The molecule has 1 atom stereocenters. The average molecular weight is 262 g/mol. The number of nitrogens with zero attached hydrogens (tertiary/aromatic N) is 1. The Balaban J connectivity index is 2.34. The lowest BCUT2D eigenvalue weighted by Crippen LogP contribution is -2.31. The van der Waals surface area contributed by atoms with Crippen molar-refractivity contribution < 1.29 is 9.90 Å². The molecule has 1 aromatic carbocycles. The summed E-state index contributed by atoms with van der Waals surface area (Å²) < 4.78 is 0. The van der Waals surface area contributed by atoms with Crippen molar-refractivity contribution in [1.82, 2.24) is 0 Å². The molecule has 1 fully saturated rings. The number of carboxylic acid groups (broad SMARTS) is 1. The molecule has 0 aliphatic carbocycles. The summed E-state index contributed by atoms with van der Waals surface area (Å²) in [6, 6.07) is 2.89. The maximum atomic E-state index is 11.0. The predicted octanol–water partition coefficient (Wildman–Crippen LogP) is 2.38. The van der Waals surface area contributed by atoms with Gasteiger partial charge in [0.2, 0.25) is 0 Å². The van der Waals surface area contributed by atoms with E-state index < -0.39 is 12.0 Å². The molecule has 1 heterocycles. The van der Waals surface area contributed by atoms with E-state index in [2.05, 4.69) is 4.90 Å². The van der Waals surface area contributed by atoms with Crippen LogP contribution in [0.5, 0.6) is 0 Å². The maximum absolute atomic E-state index is 11.0. The third-order valence-corrected chi connectivity index (χ3v) is 3.81. The minimum atomic E-state index is -0.982. The van der Waals surface area contributed by atoms with Crippen LogP contribution in [0, 0.1) is 13.8 Å². The van der Waals surface area contributed by atoms with Crippen LogP contribution in [0.1, 0.15) is 42.0 Å². The molecule has 4 nitrogen and oxygen atoms in total. The Morgan fingerprint density at radius 3 is 2.21 bits per heavy atom. The highest BCUT2D eigenvalue weighted by atomic mass is 16.4. The van der Waals surface area contributed by atoms with Crippen LogP contribution in [-0.2, 0) is 4.79 Å². The van der Waals surface area contributed by atoms with Gasteiger partial charge in [0.25, 0.3) is 0 Å². The molecule has 19 heavy (non-hydrogen) atoms. The average Bonchev–Trinajstić information content (AvgIpc) is 2.38. The molecule has 1 aromatic rings. The quantitative estimate of drug-likeness (QED) is 0.877. The number of hydrogen-bond donors (Lipinski definition) is 2. The summed E-state index contributed by atoms with van der Waals surface area (Å²) in [5, 5.41) is 9.00. The fraction of sp³-hybridized carbons (Fsp3) is 0.533. The Morgan fingerprint density at radius 2 is 1.74 bits per heavy atom. The smallest absolute Gasteiger partial charge is 0.325 e. The molecular weight excluding hydrogens is 240 g/mol. The zero-order chi connectivity index (χ0) is 14.0. The standard InChI is InChI=1S/C15H22N2O2/c1-10-8-12(13(16)15(18)19)9-11(2)14(10)17-6-4-3-5-7-17/h8-9,13H,3-7,16H2,1-2H3,(H,18,19)/t13-/m0/s1. The molecule has 0 amide bonds. The molecule has 0 saturated carbocycles. The maximum Gasteiger partial charge on any atom is 0.325 e. The van der Waals surface area contributed by atoms with Gasteiger partial charge in [0.15, 0.2) is 0 Å². The molecule has 2 rings (SSSR count). The second-order valence-corrected chi connectivity index (χ2v) is 5.37. The highest BCUT2D eigenvalue weighted by Crippen LogP contribution is 2.30. The number of carbonyl (C=O) groups is 1. The second kappa shape index (κ2) is 5.61. The normalized spacial score (nSPS) is 17.3. The predicted molar refractivity (Wildman–Crippen MR) is 76.5 cm³/mol. The van der Waals surface area contributed by atoms with Gasteiger partial charge >= 0.3 is 5.97 Å². The van der Waals surface area contributed by atoms with Crippen LogP contribution in [-0.4, -0.2) is 24.2 Å². The van der Waals surface area contributed by atoms with Crippen molar-refractivity contribution >= 4 is 11.7 Å². The number of rotatable bonds is 3. The highest BCUT2D eigenvalue weighted by molar-refractivity contribution is 5.76. The van der Waals surface area contributed by atoms with Crippen LogP contribution in [0.15, 0.2) is 12.1 Å². The SMILES string of the molecule is Cc1cc([C@H](N)C(=O)O)cc(C)c1N1CCCCC1. The number of anilines is 1. The fourth-order valence-electron chi connectivity index (χ4n) is 2.93. The minimum Gasteiger partial charge on any atom is -0.480 e. The van der Waals surface area contributed by atoms with E-state index >= 15 is 0 Å². The third-order valence-electron chi connectivity index (χ3n) is 3.81. The Kier molecular flexibility index (Phi) is 4.10. The first-order valence-electron chi connectivity index (χ1n) is 6.85. The van der Waals surface area contributed by atoms with Crippen molar-refractivity contribution in [2.45, 2.75) is 39.2 Å². The molecule has 1 aliphatic rings. The van der Waals surface area contributed by atoms with E-state index in [4.69, 9.17) is 10.8 Å². The van der Waals surface area contributed by atoms with Gasteiger partial charge in [-0.15, -0.1) is 0 Å². The van der Waals surface area contributed by atoms with Crippen molar-refractivity contribution in [3.63, 3.8) is 0 Å². The van der Waals surface area contributed by atoms with Crippen LogP contribution in [0.3, 0.4) is 0 Å². The van der Waals surface area contributed by atoms with Crippen molar-refractivity contribution in [1.29, 1.82) is 0 Å². The van der Waals surface area contributed by atoms with Gasteiger partial charge in [0.1, 0.15) is 6.04 Å². The molecule has 0 aromatic heterocycles. The van der Waals surface area contributed by atoms with E-state index in [-0.39, 0.29) is 0 Å². The van der Waals surface area contributed by atoms with Crippen LogP contribution in [0.25, 0.3) is 0 Å². The molecule has 0 radical (unpaired) electrons. The van der Waals surface area contributed by atoms with E-state index in [9.17, 15) is 4.79 Å². The van der Waals surface area contributed by atoms with Crippen molar-refractivity contribution in [2.24, 2.45) is 5.73 Å². The molecular formula is C15H22N2O2. The van der Waals surface area contributed by atoms with E-state index in [0.29, 0.717) is 5.56 Å². The van der Waals surface area contributed by atoms with E-state index in [1.54, 1.807) is 0 Å². The number of nitrogens with two attached hydrogens (primary N) is 1. The Morgan fingerprint density at radius 1 is 1.21 bits per heavy atom. The van der Waals surface area contributed by atoms with Crippen molar-refractivity contribution in [3.05, 3.63) is 28.8 Å². The number of aliphatic carboxylic acids is 1. The largest absolute Gasteiger partial charge is 0.480 e. The molecule has 1 saturated heterocycles. The molecule has 0 unspecified atom stereocenters. The van der Waals surface area contributed by atoms with E-state index in [0.717, 1.165) is 24.2 Å². The van der Waals surface area contributed by atoms with Gasteiger partial charge in [-0.2, -0.15) is 0 Å². The summed E-state index contributed by atoms with van der Waals surface area (Å²) >= 11 is 0. The molecule has 1 aliphatic heterocycles. The summed E-state index contributed by atoms with van der Waals surface area (Å²) in [4.78, 5) is 13.4. The first-order chi connectivity index (χ1) is 9.00. The zero-order valence-corrected chi connectivity index (χ0v) is 11.6. The van der Waals surface area contributed by atoms with Gasteiger partial charge in [0, 0.05) is 18.8 Å². The summed E-state index contributed by atoms with van der Waals surface area (Å²) in [5.41, 5.74) is 9.86. The highest BCUT2D eigenvalue weighted by Gasteiger charge is 2.19. The molecule has 3 N–H and O–H groups in total. The Hall–Kier alpha value is -1.55. The summed E-state index contributed by atoms with van der Waals surface area (Å²) in [5.74, 6) is -0.982. The number of aryl methyl sites for hydroxylation is 2. The molecule has 104 valence electrons. The first-order valence-corrected chi connectivity index (χ1v) is 6.85. The van der Waals surface area contributed by atoms with Crippen molar-refractivity contribution in [2.75, 3.05) is 18.0 Å². The lowest BCUT2D eigenvalue weighted by molar-refractivity contribution is -0.138. The van der Waals surface area contributed by atoms with Crippen LogP contribution < -0.4 is 10.6 Å². The summed E-state index contributed by atoms with van der Waals surface area (Å²) in [6.45, 7) is 6.25. The Labute approximate surface area is 114 Å². The number of hydrogen-bond acceptors (Lipinski definition) is 3. The lowest BCUT2D eigenvalue weighted by atomic mass is 9.98. The van der Waals surface area contributed by atoms with Crippen molar-refractivity contribution in [3.8, 4) is 0 Å². The van der Waals surface area contributed by atoms with Gasteiger partial charge < -0.3 is 15.7 Å². The monoisotopic (exact) mass is 262 g/mol. The fourth-order valence-corrected chi connectivity index (χ4v) is 2.93. The van der Waals surface area contributed by atoms with Crippen LogP contribution >= 0.6 is 0 Å². The van der Waals surface area contributed by atoms with Gasteiger partial charge in [0.05, 0.1) is 0 Å². The number of carboxylic acids is 1. The first kappa shape index (κ1) is 13.9. The lowest BCUT2D eigenvalue weighted by Gasteiger charge is -2.32. The van der Waals surface area contributed by atoms with Gasteiger partial charge in [-0.25, -0.2) is 0 Å². The zero-order valence-electron chi connectivity index (χ0n) is 11.6. The second-order valence-electron chi connectivity index (χ2n) is 5.37.